The molecule has 0 aliphatic heterocycles. The fourth-order valence-corrected chi connectivity index (χ4v) is 2.91. The first kappa shape index (κ1) is 28.2. The summed E-state index contributed by atoms with van der Waals surface area (Å²) in [5, 5.41) is 7.42. The molecular formula is C12H4F18O2. The van der Waals surface area contributed by atoms with Crippen LogP contribution in [0.3, 0.4) is 0 Å². The van der Waals surface area contributed by atoms with E-state index in [0.29, 0.717) is 0 Å². The summed E-state index contributed by atoms with van der Waals surface area (Å²) in [4.78, 5) is 9.00. The van der Waals surface area contributed by atoms with Gasteiger partial charge in [-0.15, -0.1) is 0 Å². The molecule has 0 aromatic carbocycles. The fourth-order valence-electron chi connectivity index (χ4n) is 2.91. The lowest BCUT2D eigenvalue weighted by molar-refractivity contribution is -0.560. The summed E-state index contributed by atoms with van der Waals surface area (Å²) in [5.41, 5.74) is -17.3. The van der Waals surface area contributed by atoms with Gasteiger partial charge in [0.1, 0.15) is 0 Å². The number of carbonyl (C=O) groups is 1. The van der Waals surface area contributed by atoms with E-state index in [0.717, 1.165) is 6.92 Å². The highest BCUT2D eigenvalue weighted by Gasteiger charge is 3.15. The number of carboxylic acids is 1. The molecule has 0 amide bonds. The molecular weight excluding hydrogens is 518 g/mol. The van der Waals surface area contributed by atoms with Crippen LogP contribution in [-0.4, -0.2) is 69.8 Å². The van der Waals surface area contributed by atoms with Crippen molar-refractivity contribution in [3.8, 4) is 0 Å². The van der Waals surface area contributed by atoms with E-state index in [2.05, 4.69) is 0 Å². The van der Waals surface area contributed by atoms with E-state index in [1.807, 2.05) is 0 Å². The van der Waals surface area contributed by atoms with Gasteiger partial charge in [0.2, 0.25) is 0 Å². The summed E-state index contributed by atoms with van der Waals surface area (Å²) >= 11 is 0. The highest BCUT2D eigenvalue weighted by atomic mass is 19.4. The Bertz CT molecular complexity index is 682. The van der Waals surface area contributed by atoms with E-state index in [-0.39, 0.29) is 0 Å². The maximum Gasteiger partial charge on any atom is 0.382 e. The van der Waals surface area contributed by atoms with Crippen LogP contribution < -0.4 is 0 Å². The number of halogens is 18. The summed E-state index contributed by atoms with van der Waals surface area (Å²) in [5.74, 6) is -67.7. The van der Waals surface area contributed by atoms with Gasteiger partial charge in [-0.2, -0.15) is 70.2 Å². The van der Waals surface area contributed by atoms with Crippen LogP contribution >= 0.6 is 0 Å². The van der Waals surface area contributed by atoms with Crippen molar-refractivity contribution in [1.29, 1.82) is 0 Å². The number of hydrogen-bond donors (Lipinski definition) is 1. The summed E-state index contributed by atoms with van der Waals surface area (Å²) in [7, 11) is 0. The molecule has 0 aromatic heterocycles. The molecule has 32 heavy (non-hydrogen) atoms. The van der Waals surface area contributed by atoms with Gasteiger partial charge in [-0.05, 0) is 0 Å². The Hall–Kier alpha value is -1.79. The molecule has 0 unspecified atom stereocenters. The molecule has 2 fully saturated rings. The van der Waals surface area contributed by atoms with Gasteiger partial charge < -0.3 is 5.11 Å². The number of carboxylic acid groups (broad SMARTS) is 1. The SMILES string of the molecule is CC(=O)O.FC1(F)C(F)(F)C(F)(F)C2(F)C(F)(F)C(F)(F)C(F)(F)C(F)(F)C2(F)C1(F)F. The third-order valence-electron chi connectivity index (χ3n) is 4.57. The predicted octanol–water partition coefficient (Wildman–Crippen LogP) is 5.60. The first-order valence-electron chi connectivity index (χ1n) is 7.08. The molecule has 2 aliphatic rings. The summed E-state index contributed by atoms with van der Waals surface area (Å²) in [6.07, 6.45) is 0. The third-order valence-corrected chi connectivity index (χ3v) is 4.57. The highest BCUT2D eigenvalue weighted by molar-refractivity contribution is 5.62. The highest BCUT2D eigenvalue weighted by Crippen LogP contribution is 2.81. The molecule has 0 bridgehead atoms. The quantitative estimate of drug-likeness (QED) is 0.421. The van der Waals surface area contributed by atoms with Gasteiger partial charge in [0.25, 0.3) is 17.3 Å². The first-order valence-corrected chi connectivity index (χ1v) is 7.08. The van der Waals surface area contributed by atoms with Crippen molar-refractivity contribution in [1.82, 2.24) is 0 Å². The van der Waals surface area contributed by atoms with Gasteiger partial charge in [0, 0.05) is 6.92 Å². The van der Waals surface area contributed by atoms with Crippen molar-refractivity contribution in [2.45, 2.75) is 65.6 Å². The largest absolute Gasteiger partial charge is 0.481 e. The molecule has 1 N–H and O–H groups in total. The number of rotatable bonds is 0. The van der Waals surface area contributed by atoms with E-state index in [1.165, 1.54) is 0 Å². The maximum atomic E-state index is 14.2. The van der Waals surface area contributed by atoms with Crippen molar-refractivity contribution < 1.29 is 88.9 Å². The van der Waals surface area contributed by atoms with E-state index in [1.54, 1.807) is 0 Å². The minimum absolute atomic E-state index is 0.833. The Labute approximate surface area is 162 Å². The van der Waals surface area contributed by atoms with E-state index < -0.39 is 64.7 Å². The van der Waals surface area contributed by atoms with Gasteiger partial charge in [0.15, 0.2) is 0 Å². The first-order chi connectivity index (χ1) is 13.5. The van der Waals surface area contributed by atoms with Gasteiger partial charge in [0.05, 0.1) is 0 Å². The van der Waals surface area contributed by atoms with Gasteiger partial charge in [-0.1, -0.05) is 0 Å². The van der Waals surface area contributed by atoms with Crippen molar-refractivity contribution in [3.05, 3.63) is 0 Å². The average molecular weight is 522 g/mol. The molecule has 0 atom stereocenters. The standard InChI is InChI=1S/C10F18.C2H4O2/c11-1-2(12,5(17,18)9(25,26)7(21,22)3(1,13)14)6(19,20)10(27,28)8(23,24)4(1,15)16;1-2(3)4/h;1H3,(H,3,4). The van der Waals surface area contributed by atoms with Crippen LogP contribution in [0, 0.1) is 0 Å². The van der Waals surface area contributed by atoms with Crippen LogP contribution in [0.25, 0.3) is 0 Å². The molecule has 20 heteroatoms. The summed E-state index contributed by atoms with van der Waals surface area (Å²) in [6.45, 7) is 1.08. The van der Waals surface area contributed by atoms with Crippen molar-refractivity contribution in [3.63, 3.8) is 0 Å². The van der Waals surface area contributed by atoms with Crippen LogP contribution in [0.5, 0.6) is 0 Å². The summed E-state index contributed by atoms with van der Waals surface area (Å²) < 4.78 is 241. The van der Waals surface area contributed by atoms with Crippen LogP contribution in [-0.2, 0) is 4.79 Å². The van der Waals surface area contributed by atoms with Crippen molar-refractivity contribution >= 4 is 5.97 Å². The third kappa shape index (κ3) is 2.21. The van der Waals surface area contributed by atoms with Gasteiger partial charge in [-0.25, -0.2) is 8.78 Å². The molecule has 0 spiro atoms. The van der Waals surface area contributed by atoms with Gasteiger partial charge in [-0.3, -0.25) is 4.79 Å². The summed E-state index contributed by atoms with van der Waals surface area (Å²) in [6, 6.07) is 0. The van der Waals surface area contributed by atoms with Crippen LogP contribution in [0.1, 0.15) is 6.92 Å². The van der Waals surface area contributed by atoms with E-state index in [9.17, 15) is 79.0 Å². The Kier molecular flexibility index (Phi) is 5.48. The lowest BCUT2D eigenvalue weighted by atomic mass is 9.54. The lowest BCUT2D eigenvalue weighted by Crippen LogP contribution is -2.98. The van der Waals surface area contributed by atoms with Crippen LogP contribution in [0.15, 0.2) is 0 Å². The van der Waals surface area contributed by atoms with Crippen molar-refractivity contribution in [2.24, 2.45) is 0 Å². The molecule has 2 rings (SSSR count). The normalized spacial score (nSPS) is 38.5. The fraction of sp³-hybridized carbons (Fsp3) is 0.917. The number of aliphatic carboxylic acids is 1. The minimum atomic E-state index is -8.64. The zero-order valence-corrected chi connectivity index (χ0v) is 14.2. The molecule has 2 aliphatic carbocycles. The topological polar surface area (TPSA) is 37.3 Å². The number of alkyl halides is 18. The number of hydrogen-bond acceptors (Lipinski definition) is 1. The minimum Gasteiger partial charge on any atom is -0.481 e. The zero-order valence-electron chi connectivity index (χ0n) is 14.2. The maximum absolute atomic E-state index is 14.2. The van der Waals surface area contributed by atoms with Crippen LogP contribution in [0.4, 0.5) is 79.0 Å². The average Bonchev–Trinajstić information content (AvgIpc) is 2.56. The predicted molar refractivity (Wildman–Crippen MR) is 60.6 cm³/mol. The zero-order chi connectivity index (χ0) is 26.6. The molecule has 2 saturated carbocycles. The van der Waals surface area contributed by atoms with E-state index in [4.69, 9.17) is 9.90 Å². The Morgan fingerprint density at radius 1 is 0.406 bits per heavy atom. The second-order valence-corrected chi connectivity index (χ2v) is 6.43. The Balaban J connectivity index is 0.00000118. The monoisotopic (exact) mass is 522 g/mol. The molecule has 0 heterocycles. The number of fused-ring (bicyclic) bond motifs is 1. The lowest BCUT2D eigenvalue weighted by Gasteiger charge is -2.63. The second kappa shape index (κ2) is 6.20. The molecule has 0 saturated heterocycles. The molecule has 0 aromatic rings. The van der Waals surface area contributed by atoms with E-state index >= 15 is 0 Å². The smallest absolute Gasteiger partial charge is 0.382 e. The molecule has 2 nitrogen and oxygen atoms in total. The van der Waals surface area contributed by atoms with Crippen molar-refractivity contribution in [2.75, 3.05) is 0 Å². The Morgan fingerprint density at radius 3 is 0.594 bits per heavy atom. The molecule has 0 radical (unpaired) electrons. The molecule has 190 valence electrons. The van der Waals surface area contributed by atoms with Crippen LogP contribution in [0.2, 0.25) is 0 Å². The Morgan fingerprint density at radius 2 is 0.500 bits per heavy atom. The van der Waals surface area contributed by atoms with Gasteiger partial charge >= 0.3 is 47.4 Å². The second-order valence-electron chi connectivity index (χ2n) is 6.43.